The van der Waals surface area contributed by atoms with Crippen molar-refractivity contribution < 1.29 is 4.39 Å². The predicted molar refractivity (Wildman–Crippen MR) is 82.7 cm³/mol. The first-order chi connectivity index (χ1) is 9.40. The van der Waals surface area contributed by atoms with E-state index in [0.717, 1.165) is 17.8 Å². The molecule has 0 amide bonds. The van der Waals surface area contributed by atoms with Crippen LogP contribution in [0.3, 0.4) is 0 Å². The number of likely N-dealkylation sites (tertiary alicyclic amines) is 1. The van der Waals surface area contributed by atoms with E-state index in [1.807, 2.05) is 13.0 Å². The summed E-state index contributed by atoms with van der Waals surface area (Å²) in [5.74, 6) is -0.174. The molecular formula is C16H26FN3. The van der Waals surface area contributed by atoms with Crippen LogP contribution in [0.2, 0.25) is 0 Å². The highest BCUT2D eigenvalue weighted by atomic mass is 19.1. The second-order valence-electron chi connectivity index (χ2n) is 6.11. The summed E-state index contributed by atoms with van der Waals surface area (Å²) in [6.07, 6.45) is 2.49. The summed E-state index contributed by atoms with van der Waals surface area (Å²) in [6, 6.07) is 3.92. The molecule has 1 aliphatic rings. The van der Waals surface area contributed by atoms with Crippen molar-refractivity contribution in [3.63, 3.8) is 0 Å². The van der Waals surface area contributed by atoms with Gasteiger partial charge in [-0.1, -0.05) is 0 Å². The number of hydrogen-bond acceptors (Lipinski definition) is 3. The number of likely N-dealkylation sites (N-methyl/N-ethyl adjacent to an activating group) is 2. The first-order valence-corrected chi connectivity index (χ1v) is 7.37. The summed E-state index contributed by atoms with van der Waals surface area (Å²) in [7, 11) is 4.25. The first-order valence-electron chi connectivity index (χ1n) is 7.37. The SMILES string of the molecule is Cc1cc(N(C)CC2CCCN2C)c(C(C)N)cc1F. The summed E-state index contributed by atoms with van der Waals surface area (Å²) < 4.78 is 13.8. The van der Waals surface area contributed by atoms with Gasteiger partial charge in [0.25, 0.3) is 0 Å². The Morgan fingerprint density at radius 2 is 2.20 bits per heavy atom. The average molecular weight is 279 g/mol. The van der Waals surface area contributed by atoms with Gasteiger partial charge in [-0.15, -0.1) is 0 Å². The van der Waals surface area contributed by atoms with Crippen LogP contribution < -0.4 is 10.6 Å². The summed E-state index contributed by atoms with van der Waals surface area (Å²) in [5.41, 5.74) is 8.62. The smallest absolute Gasteiger partial charge is 0.126 e. The largest absolute Gasteiger partial charge is 0.373 e. The Kier molecular flexibility index (Phi) is 4.66. The van der Waals surface area contributed by atoms with Gasteiger partial charge in [0, 0.05) is 31.4 Å². The van der Waals surface area contributed by atoms with Crippen LogP contribution in [0.1, 0.15) is 36.9 Å². The van der Waals surface area contributed by atoms with Crippen LogP contribution in [0.5, 0.6) is 0 Å². The fourth-order valence-electron chi connectivity index (χ4n) is 3.00. The molecule has 4 heteroatoms. The van der Waals surface area contributed by atoms with Gasteiger partial charge in [-0.3, -0.25) is 0 Å². The molecule has 0 radical (unpaired) electrons. The number of aryl methyl sites for hydroxylation is 1. The fraction of sp³-hybridized carbons (Fsp3) is 0.625. The third kappa shape index (κ3) is 3.13. The Morgan fingerprint density at radius 1 is 1.50 bits per heavy atom. The molecule has 2 atom stereocenters. The molecule has 1 heterocycles. The minimum atomic E-state index is -0.174. The first kappa shape index (κ1) is 15.3. The molecular weight excluding hydrogens is 253 g/mol. The predicted octanol–water partition coefficient (Wildman–Crippen LogP) is 2.68. The van der Waals surface area contributed by atoms with Crippen molar-refractivity contribution in [2.24, 2.45) is 5.73 Å². The molecule has 20 heavy (non-hydrogen) atoms. The Labute approximate surface area is 121 Å². The molecule has 2 N–H and O–H groups in total. The standard InChI is InChI=1S/C16H26FN3/c1-11-8-16(14(12(2)18)9-15(11)17)20(4)10-13-6-5-7-19(13)3/h8-9,12-13H,5-7,10,18H2,1-4H3. The van der Waals surface area contributed by atoms with E-state index in [4.69, 9.17) is 5.73 Å². The fourth-order valence-corrected chi connectivity index (χ4v) is 3.00. The minimum Gasteiger partial charge on any atom is -0.373 e. The Balaban J connectivity index is 2.24. The lowest BCUT2D eigenvalue weighted by Gasteiger charge is -2.30. The van der Waals surface area contributed by atoms with Crippen LogP contribution in [0, 0.1) is 12.7 Å². The molecule has 0 aliphatic carbocycles. The molecule has 1 saturated heterocycles. The molecule has 1 aliphatic heterocycles. The maximum atomic E-state index is 13.8. The Hall–Kier alpha value is -1.13. The van der Waals surface area contributed by atoms with Crippen molar-refractivity contribution in [3.05, 3.63) is 29.1 Å². The van der Waals surface area contributed by atoms with Gasteiger partial charge in [0.05, 0.1) is 0 Å². The molecule has 3 nitrogen and oxygen atoms in total. The number of halogens is 1. The molecule has 1 aromatic rings. The number of hydrogen-bond donors (Lipinski definition) is 1. The van der Waals surface area contributed by atoms with Crippen LogP contribution in [-0.2, 0) is 0 Å². The van der Waals surface area contributed by atoms with Gasteiger partial charge in [-0.05, 0) is 63.5 Å². The maximum Gasteiger partial charge on any atom is 0.126 e. The normalized spacial score (nSPS) is 21.2. The van der Waals surface area contributed by atoms with Crippen molar-refractivity contribution >= 4 is 5.69 Å². The van der Waals surface area contributed by atoms with Crippen molar-refractivity contribution in [3.8, 4) is 0 Å². The van der Waals surface area contributed by atoms with Gasteiger partial charge in [0.15, 0.2) is 0 Å². The van der Waals surface area contributed by atoms with Crippen LogP contribution in [0.15, 0.2) is 12.1 Å². The summed E-state index contributed by atoms with van der Waals surface area (Å²) in [4.78, 5) is 4.62. The van der Waals surface area contributed by atoms with E-state index >= 15 is 0 Å². The topological polar surface area (TPSA) is 32.5 Å². The van der Waals surface area contributed by atoms with Crippen molar-refractivity contribution in [2.75, 3.05) is 32.1 Å². The lowest BCUT2D eigenvalue weighted by atomic mass is 10.0. The number of benzene rings is 1. The minimum absolute atomic E-state index is 0.163. The lowest BCUT2D eigenvalue weighted by Crippen LogP contribution is -2.37. The molecule has 2 rings (SSSR count). The maximum absolute atomic E-state index is 13.8. The zero-order valence-electron chi connectivity index (χ0n) is 13.0. The van der Waals surface area contributed by atoms with Crippen LogP contribution >= 0.6 is 0 Å². The van der Waals surface area contributed by atoms with Crippen molar-refractivity contribution in [2.45, 2.75) is 38.8 Å². The van der Waals surface area contributed by atoms with E-state index in [1.54, 1.807) is 13.0 Å². The second-order valence-corrected chi connectivity index (χ2v) is 6.11. The van der Waals surface area contributed by atoms with Crippen molar-refractivity contribution in [1.82, 2.24) is 4.90 Å². The summed E-state index contributed by atoms with van der Waals surface area (Å²) >= 11 is 0. The van der Waals surface area contributed by atoms with Crippen LogP contribution in [-0.4, -0.2) is 38.1 Å². The number of rotatable bonds is 4. The highest BCUT2D eigenvalue weighted by molar-refractivity contribution is 5.56. The van der Waals surface area contributed by atoms with Gasteiger partial charge in [0.1, 0.15) is 5.82 Å². The third-order valence-corrected chi connectivity index (χ3v) is 4.37. The van der Waals surface area contributed by atoms with E-state index in [-0.39, 0.29) is 11.9 Å². The molecule has 1 aromatic carbocycles. The highest BCUT2D eigenvalue weighted by Gasteiger charge is 2.23. The van der Waals surface area contributed by atoms with Crippen molar-refractivity contribution in [1.29, 1.82) is 0 Å². The zero-order valence-corrected chi connectivity index (χ0v) is 13.0. The monoisotopic (exact) mass is 279 g/mol. The van der Waals surface area contributed by atoms with Crippen LogP contribution in [0.25, 0.3) is 0 Å². The average Bonchev–Trinajstić information content (AvgIpc) is 2.77. The van der Waals surface area contributed by atoms with E-state index in [1.165, 1.54) is 19.4 Å². The van der Waals surface area contributed by atoms with E-state index in [0.29, 0.717) is 11.6 Å². The molecule has 112 valence electrons. The molecule has 0 aromatic heterocycles. The van der Waals surface area contributed by atoms with Crippen LogP contribution in [0.4, 0.5) is 10.1 Å². The second kappa shape index (κ2) is 6.10. The Morgan fingerprint density at radius 3 is 2.75 bits per heavy atom. The molecule has 0 saturated carbocycles. The number of nitrogens with two attached hydrogens (primary N) is 1. The van der Waals surface area contributed by atoms with E-state index < -0.39 is 0 Å². The number of nitrogens with zero attached hydrogens (tertiary/aromatic N) is 2. The summed E-state index contributed by atoms with van der Waals surface area (Å²) in [5, 5.41) is 0. The van der Waals surface area contributed by atoms with E-state index in [2.05, 4.69) is 23.9 Å². The number of anilines is 1. The third-order valence-electron chi connectivity index (χ3n) is 4.37. The quantitative estimate of drug-likeness (QED) is 0.919. The highest BCUT2D eigenvalue weighted by Crippen LogP contribution is 2.29. The molecule has 2 unspecified atom stereocenters. The van der Waals surface area contributed by atoms with Gasteiger partial charge < -0.3 is 15.5 Å². The lowest BCUT2D eigenvalue weighted by molar-refractivity contribution is 0.314. The van der Waals surface area contributed by atoms with E-state index in [9.17, 15) is 4.39 Å². The zero-order chi connectivity index (χ0) is 14.9. The summed E-state index contributed by atoms with van der Waals surface area (Å²) in [6.45, 7) is 5.84. The molecule has 0 spiro atoms. The van der Waals surface area contributed by atoms with Gasteiger partial charge in [-0.2, -0.15) is 0 Å². The Bertz CT molecular complexity index is 473. The van der Waals surface area contributed by atoms with Gasteiger partial charge in [-0.25, -0.2) is 4.39 Å². The molecule has 1 fully saturated rings. The van der Waals surface area contributed by atoms with Gasteiger partial charge >= 0.3 is 0 Å². The van der Waals surface area contributed by atoms with Gasteiger partial charge in [0.2, 0.25) is 0 Å². The molecule has 0 bridgehead atoms.